The normalized spacial score (nSPS) is 23.4. The van der Waals surface area contributed by atoms with Crippen molar-refractivity contribution in [2.75, 3.05) is 25.0 Å². The van der Waals surface area contributed by atoms with Gasteiger partial charge in [-0.2, -0.15) is 9.40 Å². The molecule has 1 fully saturated rings. The molecular weight excluding hydrogens is 298 g/mol. The molecule has 0 saturated carbocycles. The number of nitrogens with one attached hydrogen (secondary N) is 1. The third-order valence-corrected chi connectivity index (χ3v) is 4.94. The van der Waals surface area contributed by atoms with E-state index in [1.165, 1.54) is 16.7 Å². The molecule has 90 valence electrons. The van der Waals surface area contributed by atoms with E-state index < -0.39 is 10.0 Å². The molecule has 16 heavy (non-hydrogen) atoms. The lowest BCUT2D eigenvalue weighted by Crippen LogP contribution is -2.46. The summed E-state index contributed by atoms with van der Waals surface area (Å²) >= 11 is 3.29. The summed E-state index contributed by atoms with van der Waals surface area (Å²) < 4.78 is 31.0. The molecule has 6 nitrogen and oxygen atoms in total. The van der Waals surface area contributed by atoms with Crippen LogP contribution >= 0.6 is 15.9 Å². The van der Waals surface area contributed by atoms with Crippen LogP contribution < -0.4 is 0 Å². The highest BCUT2D eigenvalue weighted by molar-refractivity contribution is 9.09. The van der Waals surface area contributed by atoms with Gasteiger partial charge in [-0.3, -0.25) is 5.10 Å². The number of aromatic amines is 1. The van der Waals surface area contributed by atoms with Crippen LogP contribution in [0.25, 0.3) is 0 Å². The van der Waals surface area contributed by atoms with Gasteiger partial charge in [-0.05, 0) is 0 Å². The van der Waals surface area contributed by atoms with E-state index in [1.807, 2.05) is 0 Å². The molecule has 1 unspecified atom stereocenters. The van der Waals surface area contributed by atoms with Crippen LogP contribution in [0.1, 0.15) is 0 Å². The Kier molecular flexibility index (Phi) is 3.63. The molecule has 2 heterocycles. The van der Waals surface area contributed by atoms with Crippen molar-refractivity contribution >= 4 is 26.0 Å². The molecule has 1 aliphatic rings. The fourth-order valence-corrected chi connectivity index (χ4v) is 3.29. The summed E-state index contributed by atoms with van der Waals surface area (Å²) in [5, 5.41) is 6.78. The fourth-order valence-electron chi connectivity index (χ4n) is 1.53. The standard InChI is InChI=1S/C8H12BrN3O3S/c9-3-7-6-12(1-2-15-7)16(13,14)8-4-10-11-5-8/h4-5,7H,1-3,6H2,(H,10,11). The summed E-state index contributed by atoms with van der Waals surface area (Å²) in [7, 11) is -3.42. The van der Waals surface area contributed by atoms with Gasteiger partial charge in [0.1, 0.15) is 4.90 Å². The Morgan fingerprint density at radius 2 is 2.50 bits per heavy atom. The van der Waals surface area contributed by atoms with Crippen LogP contribution in [0.5, 0.6) is 0 Å². The minimum atomic E-state index is -3.42. The number of sulfonamides is 1. The van der Waals surface area contributed by atoms with E-state index in [-0.39, 0.29) is 11.0 Å². The van der Waals surface area contributed by atoms with E-state index in [0.29, 0.717) is 25.0 Å². The minimum Gasteiger partial charge on any atom is -0.375 e. The summed E-state index contributed by atoms with van der Waals surface area (Å²) in [6, 6.07) is 0. The highest BCUT2D eigenvalue weighted by atomic mass is 79.9. The van der Waals surface area contributed by atoms with Crippen molar-refractivity contribution in [3.05, 3.63) is 12.4 Å². The first-order chi connectivity index (χ1) is 7.64. The third kappa shape index (κ3) is 2.29. The maximum Gasteiger partial charge on any atom is 0.246 e. The molecule has 0 spiro atoms. The van der Waals surface area contributed by atoms with Gasteiger partial charge in [0, 0.05) is 24.6 Å². The summed E-state index contributed by atoms with van der Waals surface area (Å²) in [5.74, 6) is 0. The number of ether oxygens (including phenoxy) is 1. The van der Waals surface area contributed by atoms with E-state index in [4.69, 9.17) is 4.74 Å². The molecule has 0 bridgehead atoms. The molecule has 1 atom stereocenters. The molecule has 0 aromatic carbocycles. The second-order valence-electron chi connectivity index (χ2n) is 3.44. The van der Waals surface area contributed by atoms with E-state index >= 15 is 0 Å². The molecule has 1 aromatic heterocycles. The van der Waals surface area contributed by atoms with Crippen LogP contribution in [0.15, 0.2) is 17.3 Å². The van der Waals surface area contributed by atoms with Crippen LogP contribution in [0.4, 0.5) is 0 Å². The molecule has 2 rings (SSSR count). The average molecular weight is 310 g/mol. The Balaban J connectivity index is 2.18. The van der Waals surface area contributed by atoms with Gasteiger partial charge in [0.2, 0.25) is 10.0 Å². The maximum absolute atomic E-state index is 12.1. The van der Waals surface area contributed by atoms with Crippen molar-refractivity contribution in [1.82, 2.24) is 14.5 Å². The predicted molar refractivity (Wildman–Crippen MR) is 60.9 cm³/mol. The van der Waals surface area contributed by atoms with Crippen LogP contribution in [-0.4, -0.2) is 54.1 Å². The van der Waals surface area contributed by atoms with E-state index in [2.05, 4.69) is 26.1 Å². The maximum atomic E-state index is 12.1. The lowest BCUT2D eigenvalue weighted by Gasteiger charge is -2.30. The van der Waals surface area contributed by atoms with Gasteiger partial charge in [-0.15, -0.1) is 0 Å². The zero-order valence-corrected chi connectivity index (χ0v) is 10.9. The van der Waals surface area contributed by atoms with Crippen molar-refractivity contribution in [3.8, 4) is 0 Å². The van der Waals surface area contributed by atoms with E-state index in [0.717, 1.165) is 0 Å². The smallest absolute Gasteiger partial charge is 0.246 e. The number of alkyl halides is 1. The average Bonchev–Trinajstić information content (AvgIpc) is 2.83. The fraction of sp³-hybridized carbons (Fsp3) is 0.625. The summed E-state index contributed by atoms with van der Waals surface area (Å²) in [6.45, 7) is 1.18. The third-order valence-electron chi connectivity index (χ3n) is 2.38. The second kappa shape index (κ2) is 4.82. The van der Waals surface area contributed by atoms with E-state index in [9.17, 15) is 8.42 Å². The van der Waals surface area contributed by atoms with Crippen LogP contribution in [0.2, 0.25) is 0 Å². The van der Waals surface area contributed by atoms with Crippen molar-refractivity contribution in [2.45, 2.75) is 11.0 Å². The highest BCUT2D eigenvalue weighted by Gasteiger charge is 2.30. The van der Waals surface area contributed by atoms with Crippen LogP contribution in [-0.2, 0) is 14.8 Å². The Labute approximate surface area is 102 Å². The number of hydrogen-bond acceptors (Lipinski definition) is 4. The molecular formula is C8H12BrN3O3S. The molecule has 8 heteroatoms. The topological polar surface area (TPSA) is 75.3 Å². The molecule has 1 N–H and O–H groups in total. The number of rotatable bonds is 3. The molecule has 0 aliphatic carbocycles. The van der Waals surface area contributed by atoms with E-state index in [1.54, 1.807) is 0 Å². The van der Waals surface area contributed by atoms with Crippen molar-refractivity contribution in [3.63, 3.8) is 0 Å². The summed E-state index contributed by atoms with van der Waals surface area (Å²) in [4.78, 5) is 0.197. The first-order valence-corrected chi connectivity index (χ1v) is 7.37. The number of aromatic nitrogens is 2. The summed E-state index contributed by atoms with van der Waals surface area (Å²) in [6.07, 6.45) is 2.61. The largest absolute Gasteiger partial charge is 0.375 e. The van der Waals surface area contributed by atoms with Crippen LogP contribution in [0, 0.1) is 0 Å². The number of nitrogens with zero attached hydrogens (tertiary/aromatic N) is 2. The Bertz CT molecular complexity index is 433. The lowest BCUT2D eigenvalue weighted by molar-refractivity contribution is 0.0137. The zero-order chi connectivity index (χ0) is 11.6. The van der Waals surface area contributed by atoms with Gasteiger partial charge in [0.25, 0.3) is 0 Å². The van der Waals surface area contributed by atoms with Crippen LogP contribution in [0.3, 0.4) is 0 Å². The predicted octanol–water partition coefficient (Wildman–Crippen LogP) is 0.194. The van der Waals surface area contributed by atoms with Crippen molar-refractivity contribution in [2.24, 2.45) is 0 Å². The SMILES string of the molecule is O=S(=O)(c1cn[nH]c1)N1CCOC(CBr)C1. The molecule has 1 aliphatic heterocycles. The second-order valence-corrected chi connectivity index (χ2v) is 6.03. The lowest BCUT2D eigenvalue weighted by atomic mass is 10.3. The molecule has 0 amide bonds. The molecule has 0 radical (unpaired) electrons. The quantitative estimate of drug-likeness (QED) is 0.809. The van der Waals surface area contributed by atoms with Gasteiger partial charge in [-0.25, -0.2) is 8.42 Å². The number of halogens is 1. The summed E-state index contributed by atoms with van der Waals surface area (Å²) in [5.41, 5.74) is 0. The Hall–Kier alpha value is -0.440. The van der Waals surface area contributed by atoms with Gasteiger partial charge < -0.3 is 4.74 Å². The Morgan fingerprint density at radius 1 is 1.69 bits per heavy atom. The first-order valence-electron chi connectivity index (χ1n) is 4.81. The number of H-pyrrole nitrogens is 1. The number of hydrogen-bond donors (Lipinski definition) is 1. The number of morpholine rings is 1. The van der Waals surface area contributed by atoms with Crippen molar-refractivity contribution in [1.29, 1.82) is 0 Å². The van der Waals surface area contributed by atoms with Crippen molar-refractivity contribution < 1.29 is 13.2 Å². The van der Waals surface area contributed by atoms with Gasteiger partial charge >= 0.3 is 0 Å². The Morgan fingerprint density at radius 3 is 3.12 bits per heavy atom. The minimum absolute atomic E-state index is 0.0876. The van der Waals surface area contributed by atoms with Gasteiger partial charge in [0.05, 0.1) is 18.9 Å². The zero-order valence-electron chi connectivity index (χ0n) is 8.47. The molecule has 1 aromatic rings. The van der Waals surface area contributed by atoms with Gasteiger partial charge in [0.15, 0.2) is 0 Å². The highest BCUT2D eigenvalue weighted by Crippen LogP contribution is 2.17. The monoisotopic (exact) mass is 309 g/mol. The molecule has 1 saturated heterocycles. The first kappa shape index (κ1) is 12.0. The van der Waals surface area contributed by atoms with Gasteiger partial charge in [-0.1, -0.05) is 15.9 Å².